The second kappa shape index (κ2) is 9.76. The SMILES string of the molecule is C=C(C)C(=O)CCC1(C(=O)O)C=CCCC1(OCC(O)CC(=O)C(=C)C)C(=O)O. The average Bonchev–Trinajstić information content (AvgIpc) is 2.64. The Morgan fingerprint density at radius 3 is 2.14 bits per heavy atom. The first-order valence-electron chi connectivity index (χ1n) is 9.23. The van der Waals surface area contributed by atoms with Crippen LogP contribution in [0.3, 0.4) is 0 Å². The maximum absolute atomic E-state index is 12.2. The molecule has 0 heterocycles. The highest BCUT2D eigenvalue weighted by atomic mass is 16.5. The smallest absolute Gasteiger partial charge is 0.337 e. The summed E-state index contributed by atoms with van der Waals surface area (Å²) in [6.07, 6.45) is 0.706. The second-order valence-electron chi connectivity index (χ2n) is 7.43. The molecule has 0 spiro atoms. The van der Waals surface area contributed by atoms with E-state index >= 15 is 0 Å². The monoisotopic (exact) mass is 408 g/mol. The van der Waals surface area contributed by atoms with Crippen LogP contribution in [0.15, 0.2) is 36.5 Å². The third-order valence-corrected chi connectivity index (χ3v) is 5.15. The lowest BCUT2D eigenvalue weighted by Crippen LogP contribution is -2.61. The van der Waals surface area contributed by atoms with E-state index in [2.05, 4.69) is 13.2 Å². The van der Waals surface area contributed by atoms with Crippen LogP contribution in [0.25, 0.3) is 0 Å². The Balaban J connectivity index is 3.22. The Morgan fingerprint density at radius 1 is 1.07 bits per heavy atom. The first-order chi connectivity index (χ1) is 13.4. The highest BCUT2D eigenvalue weighted by molar-refractivity contribution is 5.96. The Bertz CT molecular complexity index is 750. The summed E-state index contributed by atoms with van der Waals surface area (Å²) >= 11 is 0. The molecule has 8 heteroatoms. The molecule has 0 saturated heterocycles. The number of allylic oxidation sites excluding steroid dienone is 3. The van der Waals surface area contributed by atoms with Crippen molar-refractivity contribution in [1.82, 2.24) is 0 Å². The first-order valence-corrected chi connectivity index (χ1v) is 9.23. The fourth-order valence-corrected chi connectivity index (χ4v) is 3.34. The molecule has 3 unspecified atom stereocenters. The first kappa shape index (κ1) is 24.5. The van der Waals surface area contributed by atoms with Gasteiger partial charge < -0.3 is 20.1 Å². The molecule has 0 radical (unpaired) electrons. The summed E-state index contributed by atoms with van der Waals surface area (Å²) in [5.41, 5.74) is -3.74. The number of carbonyl (C=O) groups is 4. The number of carboxylic acid groups (broad SMARTS) is 2. The molecule has 160 valence electrons. The van der Waals surface area contributed by atoms with Gasteiger partial charge in [0.25, 0.3) is 0 Å². The van der Waals surface area contributed by atoms with E-state index in [4.69, 9.17) is 4.74 Å². The number of aliphatic carboxylic acids is 2. The number of hydrogen-bond donors (Lipinski definition) is 3. The standard InChI is InChI=1S/C21H28O8/c1-13(2)16(23)7-10-20(18(25)26)8-5-6-9-21(20,19(27)28)29-12-15(22)11-17(24)14(3)4/h5,8,15,22H,1,3,6-7,9-12H2,2,4H3,(H,25,26)(H,27,28). The van der Waals surface area contributed by atoms with E-state index in [9.17, 15) is 34.5 Å². The van der Waals surface area contributed by atoms with Crippen LogP contribution in [-0.4, -0.2) is 57.1 Å². The molecule has 3 atom stereocenters. The quantitative estimate of drug-likeness (QED) is 0.329. The molecule has 29 heavy (non-hydrogen) atoms. The number of ether oxygens (including phenoxy) is 1. The van der Waals surface area contributed by atoms with Crippen molar-refractivity contribution in [3.63, 3.8) is 0 Å². The topological polar surface area (TPSA) is 138 Å². The number of rotatable bonds is 12. The van der Waals surface area contributed by atoms with Gasteiger partial charge >= 0.3 is 11.9 Å². The zero-order chi connectivity index (χ0) is 22.4. The summed E-state index contributed by atoms with van der Waals surface area (Å²) in [5.74, 6) is -3.75. The van der Waals surface area contributed by atoms with Gasteiger partial charge in [0.15, 0.2) is 17.2 Å². The zero-order valence-corrected chi connectivity index (χ0v) is 16.8. The van der Waals surface area contributed by atoms with Gasteiger partial charge in [-0.15, -0.1) is 0 Å². The van der Waals surface area contributed by atoms with Crippen molar-refractivity contribution in [2.45, 2.75) is 57.7 Å². The largest absolute Gasteiger partial charge is 0.480 e. The summed E-state index contributed by atoms with van der Waals surface area (Å²) in [6, 6.07) is 0. The minimum atomic E-state index is -2.20. The van der Waals surface area contributed by atoms with Crippen LogP contribution < -0.4 is 0 Å². The van der Waals surface area contributed by atoms with Crippen molar-refractivity contribution >= 4 is 23.5 Å². The number of Topliss-reactive ketones (excluding diaryl/α,β-unsaturated/α-hetero) is 2. The number of hydrogen-bond acceptors (Lipinski definition) is 6. The normalized spacial score (nSPS) is 24.5. The fraction of sp³-hybridized carbons (Fsp3) is 0.524. The summed E-state index contributed by atoms with van der Waals surface area (Å²) < 4.78 is 5.55. The van der Waals surface area contributed by atoms with E-state index < -0.39 is 41.4 Å². The van der Waals surface area contributed by atoms with Gasteiger partial charge in [0.1, 0.15) is 5.41 Å². The number of aliphatic hydroxyl groups excluding tert-OH is 1. The van der Waals surface area contributed by atoms with E-state index in [1.54, 1.807) is 6.08 Å². The lowest BCUT2D eigenvalue weighted by molar-refractivity contribution is -0.202. The molecular weight excluding hydrogens is 380 g/mol. The second-order valence-corrected chi connectivity index (χ2v) is 7.43. The van der Waals surface area contributed by atoms with Crippen LogP contribution in [-0.2, 0) is 23.9 Å². The van der Waals surface area contributed by atoms with E-state index in [-0.39, 0.29) is 49.0 Å². The molecule has 1 aliphatic rings. The van der Waals surface area contributed by atoms with E-state index in [1.165, 1.54) is 19.9 Å². The van der Waals surface area contributed by atoms with Gasteiger partial charge in [-0.05, 0) is 44.3 Å². The van der Waals surface area contributed by atoms with Crippen molar-refractivity contribution in [1.29, 1.82) is 0 Å². The molecule has 0 bridgehead atoms. The van der Waals surface area contributed by atoms with Crippen LogP contribution in [0.1, 0.15) is 46.0 Å². The molecule has 3 N–H and O–H groups in total. The minimum Gasteiger partial charge on any atom is -0.480 e. The van der Waals surface area contributed by atoms with Gasteiger partial charge in [-0.3, -0.25) is 14.4 Å². The van der Waals surface area contributed by atoms with Crippen molar-refractivity contribution in [2.24, 2.45) is 5.41 Å². The Labute approximate surface area is 169 Å². The number of ketones is 2. The van der Waals surface area contributed by atoms with E-state index in [0.717, 1.165) is 0 Å². The summed E-state index contributed by atoms with van der Waals surface area (Å²) in [4.78, 5) is 48.2. The van der Waals surface area contributed by atoms with Gasteiger partial charge in [-0.25, -0.2) is 4.79 Å². The van der Waals surface area contributed by atoms with Crippen LogP contribution in [0.2, 0.25) is 0 Å². The van der Waals surface area contributed by atoms with Crippen LogP contribution in [0.4, 0.5) is 0 Å². The molecule has 0 aliphatic heterocycles. The number of carboxylic acids is 2. The van der Waals surface area contributed by atoms with Crippen LogP contribution in [0, 0.1) is 5.41 Å². The van der Waals surface area contributed by atoms with Crippen molar-refractivity contribution < 1.29 is 39.2 Å². The van der Waals surface area contributed by atoms with Crippen molar-refractivity contribution in [3.8, 4) is 0 Å². The van der Waals surface area contributed by atoms with Crippen LogP contribution in [0.5, 0.6) is 0 Å². The predicted molar refractivity (Wildman–Crippen MR) is 104 cm³/mol. The number of carbonyl (C=O) groups excluding carboxylic acids is 2. The van der Waals surface area contributed by atoms with E-state index in [1.807, 2.05) is 0 Å². The van der Waals surface area contributed by atoms with Crippen molar-refractivity contribution in [3.05, 3.63) is 36.5 Å². The third-order valence-electron chi connectivity index (χ3n) is 5.15. The fourth-order valence-electron chi connectivity index (χ4n) is 3.34. The molecule has 1 aliphatic carbocycles. The van der Waals surface area contributed by atoms with Gasteiger partial charge in [0.2, 0.25) is 0 Å². The number of aliphatic hydroxyl groups is 1. The highest BCUT2D eigenvalue weighted by Crippen LogP contribution is 2.47. The third kappa shape index (κ3) is 5.27. The average molecular weight is 408 g/mol. The lowest BCUT2D eigenvalue weighted by atomic mass is 9.63. The summed E-state index contributed by atoms with van der Waals surface area (Å²) in [5, 5.41) is 30.0. The van der Waals surface area contributed by atoms with E-state index in [0.29, 0.717) is 0 Å². The Hall–Kier alpha value is -2.58. The van der Waals surface area contributed by atoms with Gasteiger partial charge in [0.05, 0.1) is 12.7 Å². The molecule has 0 amide bonds. The molecule has 0 aromatic rings. The summed E-state index contributed by atoms with van der Waals surface area (Å²) in [7, 11) is 0. The maximum atomic E-state index is 12.2. The molecule has 0 saturated carbocycles. The van der Waals surface area contributed by atoms with Crippen LogP contribution >= 0.6 is 0 Å². The predicted octanol–water partition coefficient (Wildman–Crippen LogP) is 2.07. The zero-order valence-electron chi connectivity index (χ0n) is 16.8. The maximum Gasteiger partial charge on any atom is 0.337 e. The molecule has 0 aromatic heterocycles. The van der Waals surface area contributed by atoms with Gasteiger partial charge in [0, 0.05) is 12.8 Å². The molecule has 1 rings (SSSR count). The van der Waals surface area contributed by atoms with Gasteiger partial charge in [-0.1, -0.05) is 25.3 Å². The molecule has 8 nitrogen and oxygen atoms in total. The lowest BCUT2D eigenvalue weighted by Gasteiger charge is -2.45. The highest BCUT2D eigenvalue weighted by Gasteiger charge is 2.62. The Morgan fingerprint density at radius 2 is 1.66 bits per heavy atom. The van der Waals surface area contributed by atoms with Gasteiger partial charge in [-0.2, -0.15) is 0 Å². The minimum absolute atomic E-state index is 0.159. The summed E-state index contributed by atoms with van der Waals surface area (Å²) in [6.45, 7) is 9.42. The Kier molecular flexibility index (Phi) is 8.23. The molecule has 0 fully saturated rings. The molecule has 0 aromatic carbocycles. The molecular formula is C21H28O8. The van der Waals surface area contributed by atoms with Crippen molar-refractivity contribution in [2.75, 3.05) is 6.61 Å².